The number of nitrogens with one attached hydrogen (secondary N) is 2. The second kappa shape index (κ2) is 4.89. The maximum atomic E-state index is 12.2. The number of rotatable bonds is 3. The van der Waals surface area contributed by atoms with Crippen molar-refractivity contribution in [2.75, 3.05) is 0 Å². The summed E-state index contributed by atoms with van der Waals surface area (Å²) in [6.45, 7) is 1.81. The van der Waals surface area contributed by atoms with Gasteiger partial charge in [0.2, 0.25) is 0 Å². The SMILES string of the molecule is Cc1[nH]c(=S)[nH]c1C(=O)C(S)c1ccccc1. The first-order valence-corrected chi connectivity index (χ1v) is 6.08. The largest absolute Gasteiger partial charge is 0.334 e. The molecule has 5 heteroatoms. The van der Waals surface area contributed by atoms with Crippen molar-refractivity contribution in [2.45, 2.75) is 12.2 Å². The molecule has 2 rings (SSSR count). The van der Waals surface area contributed by atoms with E-state index in [0.717, 1.165) is 11.3 Å². The van der Waals surface area contributed by atoms with Gasteiger partial charge in [0.15, 0.2) is 10.6 Å². The van der Waals surface area contributed by atoms with Gasteiger partial charge in [-0.3, -0.25) is 4.79 Å². The zero-order valence-corrected chi connectivity index (χ0v) is 10.9. The number of carbonyl (C=O) groups excluding carboxylic acids is 1. The van der Waals surface area contributed by atoms with E-state index in [0.29, 0.717) is 10.5 Å². The van der Waals surface area contributed by atoms with Gasteiger partial charge >= 0.3 is 0 Å². The van der Waals surface area contributed by atoms with E-state index in [-0.39, 0.29) is 5.78 Å². The van der Waals surface area contributed by atoms with E-state index in [1.165, 1.54) is 0 Å². The van der Waals surface area contributed by atoms with Crippen LogP contribution in [0.2, 0.25) is 0 Å². The van der Waals surface area contributed by atoms with Gasteiger partial charge in [0.05, 0.1) is 5.25 Å². The predicted octanol–water partition coefficient (Wildman–Crippen LogP) is 3.23. The number of benzene rings is 1. The summed E-state index contributed by atoms with van der Waals surface area (Å²) in [5.74, 6) is -0.0793. The molecule has 0 aliphatic rings. The summed E-state index contributed by atoms with van der Waals surface area (Å²) < 4.78 is 0.458. The molecule has 88 valence electrons. The van der Waals surface area contributed by atoms with Gasteiger partial charge in [-0.15, -0.1) is 0 Å². The van der Waals surface area contributed by atoms with Gasteiger partial charge in [-0.05, 0) is 24.7 Å². The molecule has 1 heterocycles. The molecule has 0 aliphatic heterocycles. The fourth-order valence-electron chi connectivity index (χ4n) is 1.64. The number of imidazole rings is 1. The van der Waals surface area contributed by atoms with Gasteiger partial charge in [0, 0.05) is 5.69 Å². The lowest BCUT2D eigenvalue weighted by Gasteiger charge is -2.09. The molecular weight excluding hydrogens is 252 g/mol. The second-order valence-electron chi connectivity index (χ2n) is 3.76. The number of aromatic nitrogens is 2. The Bertz CT molecular complexity index is 586. The molecule has 2 aromatic rings. The van der Waals surface area contributed by atoms with Crippen molar-refractivity contribution in [3.8, 4) is 0 Å². The molecule has 1 unspecified atom stereocenters. The number of aromatic amines is 2. The molecule has 0 radical (unpaired) electrons. The number of Topliss-reactive ketones (excluding diaryl/α,β-unsaturated/α-hetero) is 1. The van der Waals surface area contributed by atoms with Crippen LogP contribution in [0.1, 0.15) is 27.0 Å². The van der Waals surface area contributed by atoms with E-state index in [1.54, 1.807) is 0 Å². The summed E-state index contributed by atoms with van der Waals surface area (Å²) in [6.07, 6.45) is 0. The molecule has 1 aromatic carbocycles. The van der Waals surface area contributed by atoms with E-state index < -0.39 is 5.25 Å². The molecule has 0 fully saturated rings. The van der Waals surface area contributed by atoms with E-state index in [9.17, 15) is 4.79 Å². The highest BCUT2D eigenvalue weighted by molar-refractivity contribution is 7.81. The standard InChI is InChI=1S/C12H12N2OS2/c1-7-9(14-12(17)13-7)10(15)11(16)8-5-3-2-4-6-8/h2-6,11,16H,1H3,(H2,13,14,17). The third kappa shape index (κ3) is 2.50. The highest BCUT2D eigenvalue weighted by Crippen LogP contribution is 2.24. The Balaban J connectivity index is 2.33. The number of carbonyl (C=O) groups is 1. The lowest BCUT2D eigenvalue weighted by Crippen LogP contribution is -2.09. The molecular formula is C12H12N2OS2. The maximum Gasteiger partial charge on any atom is 0.197 e. The lowest BCUT2D eigenvalue weighted by atomic mass is 10.1. The highest BCUT2D eigenvalue weighted by atomic mass is 32.1. The Kier molecular flexibility index (Phi) is 3.49. The van der Waals surface area contributed by atoms with Crippen molar-refractivity contribution in [1.82, 2.24) is 9.97 Å². The summed E-state index contributed by atoms with van der Waals surface area (Å²) in [4.78, 5) is 18.0. The monoisotopic (exact) mass is 264 g/mol. The van der Waals surface area contributed by atoms with E-state index >= 15 is 0 Å². The Morgan fingerprint density at radius 1 is 1.29 bits per heavy atom. The first kappa shape index (κ1) is 12.1. The summed E-state index contributed by atoms with van der Waals surface area (Å²) in [6, 6.07) is 9.44. The first-order valence-electron chi connectivity index (χ1n) is 5.15. The van der Waals surface area contributed by atoms with Crippen molar-refractivity contribution in [1.29, 1.82) is 0 Å². The zero-order valence-electron chi connectivity index (χ0n) is 9.23. The molecule has 1 aromatic heterocycles. The number of hydrogen-bond acceptors (Lipinski definition) is 3. The molecule has 0 amide bonds. The van der Waals surface area contributed by atoms with Crippen molar-refractivity contribution >= 4 is 30.6 Å². The second-order valence-corrected chi connectivity index (χ2v) is 4.68. The van der Waals surface area contributed by atoms with E-state index in [2.05, 4.69) is 22.6 Å². The van der Waals surface area contributed by atoms with Gasteiger partial charge in [-0.25, -0.2) is 0 Å². The van der Waals surface area contributed by atoms with Crippen LogP contribution in [-0.2, 0) is 0 Å². The maximum absolute atomic E-state index is 12.2. The number of thiol groups is 1. The van der Waals surface area contributed by atoms with Crippen LogP contribution in [0.25, 0.3) is 0 Å². The smallest absolute Gasteiger partial charge is 0.197 e. The van der Waals surface area contributed by atoms with Gasteiger partial charge in [0.1, 0.15) is 5.69 Å². The summed E-state index contributed by atoms with van der Waals surface area (Å²) in [7, 11) is 0. The summed E-state index contributed by atoms with van der Waals surface area (Å²) in [5, 5.41) is -0.476. The molecule has 17 heavy (non-hydrogen) atoms. The van der Waals surface area contributed by atoms with Gasteiger partial charge < -0.3 is 9.97 Å². The molecule has 0 saturated carbocycles. The minimum atomic E-state index is -0.476. The fraction of sp³-hybridized carbons (Fsp3) is 0.167. The first-order chi connectivity index (χ1) is 8.09. The minimum absolute atomic E-state index is 0.0793. The molecule has 0 spiro atoms. The van der Waals surface area contributed by atoms with Crippen LogP contribution in [0.4, 0.5) is 0 Å². The molecule has 0 aliphatic carbocycles. The third-order valence-corrected chi connectivity index (χ3v) is 3.26. The normalized spacial score (nSPS) is 12.4. The van der Waals surface area contributed by atoms with Gasteiger partial charge in [-0.1, -0.05) is 30.3 Å². The van der Waals surface area contributed by atoms with Crippen molar-refractivity contribution in [3.05, 3.63) is 52.1 Å². The van der Waals surface area contributed by atoms with Crippen molar-refractivity contribution < 1.29 is 4.79 Å². The summed E-state index contributed by atoms with van der Waals surface area (Å²) >= 11 is 9.32. The average Bonchev–Trinajstić information content (AvgIpc) is 2.68. The number of hydrogen-bond donors (Lipinski definition) is 3. The average molecular weight is 264 g/mol. The number of H-pyrrole nitrogens is 2. The number of ketones is 1. The van der Waals surface area contributed by atoms with Crippen LogP contribution in [0.15, 0.2) is 30.3 Å². The van der Waals surface area contributed by atoms with E-state index in [1.807, 2.05) is 37.3 Å². The highest BCUT2D eigenvalue weighted by Gasteiger charge is 2.21. The molecule has 3 nitrogen and oxygen atoms in total. The van der Waals surface area contributed by atoms with Crippen LogP contribution < -0.4 is 0 Å². The third-order valence-electron chi connectivity index (χ3n) is 2.52. The predicted molar refractivity (Wildman–Crippen MR) is 73.2 cm³/mol. The van der Waals surface area contributed by atoms with Gasteiger partial charge in [-0.2, -0.15) is 12.6 Å². The molecule has 2 N–H and O–H groups in total. The topological polar surface area (TPSA) is 48.6 Å². The molecule has 0 saturated heterocycles. The van der Waals surface area contributed by atoms with Crippen LogP contribution in [0.5, 0.6) is 0 Å². The fourth-order valence-corrected chi connectivity index (χ4v) is 2.20. The quantitative estimate of drug-likeness (QED) is 0.453. The minimum Gasteiger partial charge on any atom is -0.334 e. The number of aryl methyl sites for hydroxylation is 1. The Morgan fingerprint density at radius 2 is 1.94 bits per heavy atom. The Labute approximate surface area is 110 Å². The molecule has 1 atom stereocenters. The summed E-state index contributed by atoms with van der Waals surface area (Å²) in [5.41, 5.74) is 2.12. The van der Waals surface area contributed by atoms with Crippen molar-refractivity contribution in [3.63, 3.8) is 0 Å². The van der Waals surface area contributed by atoms with Crippen LogP contribution in [-0.4, -0.2) is 15.8 Å². The van der Waals surface area contributed by atoms with Crippen molar-refractivity contribution in [2.24, 2.45) is 0 Å². The Morgan fingerprint density at radius 3 is 2.47 bits per heavy atom. The van der Waals surface area contributed by atoms with Crippen LogP contribution in [0, 0.1) is 11.7 Å². The van der Waals surface area contributed by atoms with E-state index in [4.69, 9.17) is 12.2 Å². The van der Waals surface area contributed by atoms with Crippen LogP contribution in [0.3, 0.4) is 0 Å². The Hall–Kier alpha value is -1.33. The zero-order chi connectivity index (χ0) is 12.4. The molecule has 0 bridgehead atoms. The van der Waals surface area contributed by atoms with Crippen LogP contribution >= 0.6 is 24.8 Å². The lowest BCUT2D eigenvalue weighted by molar-refractivity contribution is 0.0985. The van der Waals surface area contributed by atoms with Gasteiger partial charge in [0.25, 0.3) is 0 Å².